The normalized spacial score (nSPS) is 16.7. The van der Waals surface area contributed by atoms with Gasteiger partial charge in [0.25, 0.3) is 0 Å². The first-order chi connectivity index (χ1) is 11.0. The quantitative estimate of drug-likeness (QED) is 0.880. The predicted molar refractivity (Wildman–Crippen MR) is 78.2 cm³/mol. The smallest absolute Gasteiger partial charge is 0.314 e. The number of fused-ring (bicyclic) bond motifs is 1. The first-order valence-corrected chi connectivity index (χ1v) is 7.13. The molecule has 1 aromatic heterocycles. The minimum Gasteiger partial charge on any atom is -0.460 e. The standard InChI is InChI=1S/C16H15FN2O4/c1-8-13(9(2)23-19-8)7-22-16(21)12-6-15(20)18-14-5-10(17)3-4-11(12)14/h3-5,12H,6-7H2,1-2H3,(H,18,20)/t12-/m0/s1. The summed E-state index contributed by atoms with van der Waals surface area (Å²) in [5.41, 5.74) is 2.22. The van der Waals surface area contributed by atoms with Crippen LogP contribution in [0.1, 0.15) is 34.9 Å². The number of carbonyl (C=O) groups excluding carboxylic acids is 2. The van der Waals surface area contributed by atoms with Crippen LogP contribution in [0.25, 0.3) is 0 Å². The van der Waals surface area contributed by atoms with E-state index in [1.165, 1.54) is 18.2 Å². The maximum atomic E-state index is 13.3. The van der Waals surface area contributed by atoms with Crippen molar-refractivity contribution in [3.8, 4) is 0 Å². The molecule has 0 bridgehead atoms. The number of hydrogen-bond acceptors (Lipinski definition) is 5. The number of amides is 1. The summed E-state index contributed by atoms with van der Waals surface area (Å²) in [4.78, 5) is 24.1. The van der Waals surface area contributed by atoms with E-state index in [9.17, 15) is 14.0 Å². The van der Waals surface area contributed by atoms with Crippen LogP contribution >= 0.6 is 0 Å². The monoisotopic (exact) mass is 318 g/mol. The molecule has 0 radical (unpaired) electrons. The Balaban J connectivity index is 1.79. The van der Waals surface area contributed by atoms with Gasteiger partial charge in [0.2, 0.25) is 5.91 Å². The fourth-order valence-electron chi connectivity index (χ4n) is 2.60. The Morgan fingerprint density at radius 2 is 2.26 bits per heavy atom. The molecule has 1 N–H and O–H groups in total. The van der Waals surface area contributed by atoms with Crippen LogP contribution in [0, 0.1) is 19.7 Å². The highest BCUT2D eigenvalue weighted by Gasteiger charge is 2.32. The summed E-state index contributed by atoms with van der Waals surface area (Å²) in [6, 6.07) is 3.94. The zero-order valence-electron chi connectivity index (χ0n) is 12.7. The highest BCUT2D eigenvalue weighted by molar-refractivity contribution is 5.99. The third-order valence-corrected chi connectivity index (χ3v) is 3.88. The van der Waals surface area contributed by atoms with Gasteiger partial charge in [0, 0.05) is 12.1 Å². The number of carbonyl (C=O) groups is 2. The van der Waals surface area contributed by atoms with Gasteiger partial charge in [-0.05, 0) is 31.5 Å². The lowest BCUT2D eigenvalue weighted by Gasteiger charge is -2.24. The van der Waals surface area contributed by atoms with Crippen LogP contribution in [0.5, 0.6) is 0 Å². The Morgan fingerprint density at radius 3 is 2.96 bits per heavy atom. The zero-order chi connectivity index (χ0) is 16.6. The number of aromatic nitrogens is 1. The summed E-state index contributed by atoms with van der Waals surface area (Å²) in [7, 11) is 0. The summed E-state index contributed by atoms with van der Waals surface area (Å²) in [6.45, 7) is 3.51. The Hall–Kier alpha value is -2.70. The maximum absolute atomic E-state index is 13.3. The van der Waals surface area contributed by atoms with Crippen LogP contribution in [0.2, 0.25) is 0 Å². The molecule has 1 aliphatic rings. The number of rotatable bonds is 3. The van der Waals surface area contributed by atoms with Gasteiger partial charge in [-0.3, -0.25) is 9.59 Å². The van der Waals surface area contributed by atoms with Gasteiger partial charge in [-0.15, -0.1) is 0 Å². The third-order valence-electron chi connectivity index (χ3n) is 3.88. The van der Waals surface area contributed by atoms with Crippen molar-refractivity contribution in [2.75, 3.05) is 5.32 Å². The van der Waals surface area contributed by atoms with Crippen LogP contribution in [0.4, 0.5) is 10.1 Å². The lowest BCUT2D eigenvalue weighted by Crippen LogP contribution is -2.28. The molecule has 120 valence electrons. The molecule has 1 atom stereocenters. The molecule has 0 aliphatic carbocycles. The first-order valence-electron chi connectivity index (χ1n) is 7.13. The van der Waals surface area contributed by atoms with Crippen molar-refractivity contribution in [2.45, 2.75) is 32.8 Å². The molecule has 6 nitrogen and oxygen atoms in total. The Labute approximate surface area is 131 Å². The molecular weight excluding hydrogens is 303 g/mol. The lowest BCUT2D eigenvalue weighted by molar-refractivity contribution is -0.148. The van der Waals surface area contributed by atoms with E-state index in [-0.39, 0.29) is 18.9 Å². The lowest BCUT2D eigenvalue weighted by atomic mass is 9.90. The number of ether oxygens (including phenoxy) is 1. The summed E-state index contributed by atoms with van der Waals surface area (Å²) < 4.78 is 23.6. The second-order valence-electron chi connectivity index (χ2n) is 5.45. The number of anilines is 1. The largest absolute Gasteiger partial charge is 0.460 e. The Morgan fingerprint density at radius 1 is 1.48 bits per heavy atom. The van der Waals surface area contributed by atoms with E-state index in [1.807, 2.05) is 0 Å². The minimum atomic E-state index is -0.750. The molecule has 0 saturated carbocycles. The number of hydrogen-bond donors (Lipinski definition) is 1. The van der Waals surface area contributed by atoms with Crippen molar-refractivity contribution >= 4 is 17.6 Å². The average Bonchev–Trinajstić information content (AvgIpc) is 2.82. The van der Waals surface area contributed by atoms with Gasteiger partial charge in [-0.2, -0.15) is 0 Å². The third kappa shape index (κ3) is 2.94. The number of halogens is 1. The van der Waals surface area contributed by atoms with Crippen LogP contribution in [-0.2, 0) is 20.9 Å². The second-order valence-corrected chi connectivity index (χ2v) is 5.45. The van der Waals surface area contributed by atoms with Crippen molar-refractivity contribution < 1.29 is 23.2 Å². The molecule has 3 rings (SSSR count). The van der Waals surface area contributed by atoms with Gasteiger partial charge in [0.1, 0.15) is 18.2 Å². The predicted octanol–water partition coefficient (Wildman–Crippen LogP) is 2.60. The minimum absolute atomic E-state index is 0.0225. The van der Waals surface area contributed by atoms with Crippen LogP contribution < -0.4 is 5.32 Å². The van der Waals surface area contributed by atoms with Crippen molar-refractivity contribution in [2.24, 2.45) is 0 Å². The summed E-state index contributed by atoms with van der Waals surface area (Å²) >= 11 is 0. The van der Waals surface area contributed by atoms with E-state index >= 15 is 0 Å². The Bertz CT molecular complexity index is 765. The molecule has 2 aromatic rings. The fourth-order valence-corrected chi connectivity index (χ4v) is 2.60. The molecule has 0 spiro atoms. The van der Waals surface area contributed by atoms with Crippen LogP contribution in [-0.4, -0.2) is 17.0 Å². The number of esters is 1. The maximum Gasteiger partial charge on any atom is 0.314 e. The molecule has 0 saturated heterocycles. The number of aryl methyl sites for hydroxylation is 2. The topological polar surface area (TPSA) is 81.4 Å². The Kier molecular flexibility index (Phi) is 3.85. The molecular formula is C16H15FN2O4. The summed E-state index contributed by atoms with van der Waals surface area (Å²) in [5, 5.41) is 6.35. The van der Waals surface area contributed by atoms with E-state index in [4.69, 9.17) is 9.26 Å². The van der Waals surface area contributed by atoms with Gasteiger partial charge in [0.15, 0.2) is 0 Å². The van der Waals surface area contributed by atoms with Crippen molar-refractivity contribution in [3.63, 3.8) is 0 Å². The van der Waals surface area contributed by atoms with Crippen LogP contribution in [0.15, 0.2) is 22.7 Å². The summed E-state index contributed by atoms with van der Waals surface area (Å²) in [6.07, 6.45) is -0.0287. The van der Waals surface area contributed by atoms with Crippen molar-refractivity contribution in [3.05, 3.63) is 46.6 Å². The molecule has 7 heteroatoms. The number of nitrogens with zero attached hydrogens (tertiary/aromatic N) is 1. The highest BCUT2D eigenvalue weighted by atomic mass is 19.1. The van der Waals surface area contributed by atoms with E-state index in [1.54, 1.807) is 13.8 Å². The molecule has 1 aromatic carbocycles. The molecule has 0 unspecified atom stereocenters. The van der Waals surface area contributed by atoms with Crippen molar-refractivity contribution in [1.29, 1.82) is 0 Å². The first kappa shape index (κ1) is 15.2. The van der Waals surface area contributed by atoms with Gasteiger partial charge in [0.05, 0.1) is 17.2 Å². The number of nitrogens with one attached hydrogen (secondary N) is 1. The van der Waals surface area contributed by atoms with Gasteiger partial charge < -0.3 is 14.6 Å². The van der Waals surface area contributed by atoms with Gasteiger partial charge in [-0.1, -0.05) is 11.2 Å². The zero-order valence-corrected chi connectivity index (χ0v) is 12.7. The van der Waals surface area contributed by atoms with Gasteiger partial charge >= 0.3 is 5.97 Å². The van der Waals surface area contributed by atoms with Crippen LogP contribution in [0.3, 0.4) is 0 Å². The average molecular weight is 318 g/mol. The van der Waals surface area contributed by atoms with E-state index in [0.29, 0.717) is 28.3 Å². The van der Waals surface area contributed by atoms with E-state index in [2.05, 4.69) is 10.5 Å². The molecule has 1 amide bonds. The van der Waals surface area contributed by atoms with E-state index in [0.717, 1.165) is 0 Å². The SMILES string of the molecule is Cc1noc(C)c1COC(=O)[C@H]1CC(=O)Nc2cc(F)ccc21. The summed E-state index contributed by atoms with van der Waals surface area (Å²) in [5.74, 6) is -1.53. The molecule has 1 aliphatic heterocycles. The molecule has 23 heavy (non-hydrogen) atoms. The van der Waals surface area contributed by atoms with Crippen molar-refractivity contribution in [1.82, 2.24) is 5.16 Å². The fraction of sp³-hybridized carbons (Fsp3) is 0.312. The van der Waals surface area contributed by atoms with E-state index < -0.39 is 17.7 Å². The number of benzene rings is 1. The second kappa shape index (κ2) is 5.83. The van der Waals surface area contributed by atoms with Gasteiger partial charge in [-0.25, -0.2) is 4.39 Å². The molecule has 2 heterocycles. The molecule has 0 fully saturated rings. The highest BCUT2D eigenvalue weighted by Crippen LogP contribution is 2.33.